The Morgan fingerprint density at radius 2 is 2.22 bits per heavy atom. The summed E-state index contributed by atoms with van der Waals surface area (Å²) in [6.07, 6.45) is 0. The molecule has 1 aliphatic rings. The fraction of sp³-hybridized carbons (Fsp3) is 0.250. The van der Waals surface area contributed by atoms with Gasteiger partial charge in [-0.3, -0.25) is 0 Å². The highest BCUT2D eigenvalue weighted by Gasteiger charge is 2.36. The van der Waals surface area contributed by atoms with Gasteiger partial charge in [0.15, 0.2) is 0 Å². The van der Waals surface area contributed by atoms with Crippen LogP contribution in [0.25, 0.3) is 0 Å². The molecule has 120 valence electrons. The average molecular weight is 355 g/mol. The Kier molecular flexibility index (Phi) is 5.30. The summed E-state index contributed by atoms with van der Waals surface area (Å²) in [4.78, 5) is 12.2. The number of carbonyl (C=O) groups excluding carboxylic acids is 1. The van der Waals surface area contributed by atoms with Gasteiger partial charge in [0.25, 0.3) is 0 Å². The minimum atomic E-state index is -0.768. The third kappa shape index (κ3) is 3.19. The number of benzene rings is 1. The number of dihydropyridines is 1. The lowest BCUT2D eigenvalue weighted by Gasteiger charge is -2.29. The van der Waals surface area contributed by atoms with E-state index in [0.29, 0.717) is 22.5 Å². The molecule has 1 aromatic carbocycles. The number of methoxy groups -OCH3 is 1. The Bertz CT molecular complexity index is 766. The molecule has 23 heavy (non-hydrogen) atoms. The van der Waals surface area contributed by atoms with Crippen molar-refractivity contribution in [3.63, 3.8) is 0 Å². The van der Waals surface area contributed by atoms with Gasteiger partial charge in [-0.15, -0.1) is 11.6 Å². The van der Waals surface area contributed by atoms with Crippen molar-refractivity contribution in [3.05, 3.63) is 57.1 Å². The SMILES string of the molecule is COC(=O)C1=C(CCl)NC(C)=C(C#N)[C@@H]1c1ccc(F)cc1Cl. The first-order valence-electron chi connectivity index (χ1n) is 6.64. The predicted molar refractivity (Wildman–Crippen MR) is 85.4 cm³/mol. The summed E-state index contributed by atoms with van der Waals surface area (Å²) in [6, 6.07) is 5.89. The topological polar surface area (TPSA) is 62.1 Å². The van der Waals surface area contributed by atoms with Crippen LogP contribution in [0.5, 0.6) is 0 Å². The molecule has 1 aromatic rings. The molecule has 0 amide bonds. The van der Waals surface area contributed by atoms with Crippen LogP contribution in [-0.4, -0.2) is 19.0 Å². The van der Waals surface area contributed by atoms with Gasteiger partial charge in [-0.05, 0) is 24.6 Å². The zero-order valence-electron chi connectivity index (χ0n) is 12.4. The number of nitriles is 1. The Morgan fingerprint density at radius 1 is 1.52 bits per heavy atom. The second-order valence-corrected chi connectivity index (χ2v) is 5.57. The summed E-state index contributed by atoms with van der Waals surface area (Å²) in [6.45, 7) is 1.70. The highest BCUT2D eigenvalue weighted by atomic mass is 35.5. The normalized spacial score (nSPS) is 17.7. The van der Waals surface area contributed by atoms with E-state index in [1.54, 1.807) is 6.92 Å². The molecular formula is C16H13Cl2FN2O2. The van der Waals surface area contributed by atoms with E-state index >= 15 is 0 Å². The van der Waals surface area contributed by atoms with E-state index in [9.17, 15) is 14.4 Å². The van der Waals surface area contributed by atoms with E-state index in [2.05, 4.69) is 11.4 Å². The van der Waals surface area contributed by atoms with Crippen LogP contribution >= 0.6 is 23.2 Å². The van der Waals surface area contributed by atoms with Crippen molar-refractivity contribution in [1.82, 2.24) is 5.32 Å². The molecule has 0 spiro atoms. The molecule has 1 N–H and O–H groups in total. The Morgan fingerprint density at radius 3 is 2.74 bits per heavy atom. The number of hydrogen-bond acceptors (Lipinski definition) is 4. The van der Waals surface area contributed by atoms with Gasteiger partial charge in [-0.1, -0.05) is 17.7 Å². The number of nitrogens with zero attached hydrogens (tertiary/aromatic N) is 1. The first kappa shape index (κ1) is 17.3. The fourth-order valence-corrected chi connectivity index (χ4v) is 3.03. The van der Waals surface area contributed by atoms with Crippen molar-refractivity contribution in [2.45, 2.75) is 12.8 Å². The third-order valence-corrected chi connectivity index (χ3v) is 4.17. The van der Waals surface area contributed by atoms with Crippen molar-refractivity contribution in [2.75, 3.05) is 13.0 Å². The van der Waals surface area contributed by atoms with Gasteiger partial charge in [0.05, 0.1) is 36.1 Å². The van der Waals surface area contributed by atoms with E-state index < -0.39 is 17.7 Å². The second kappa shape index (κ2) is 7.03. The minimum absolute atomic E-state index is 0.0236. The van der Waals surface area contributed by atoms with Gasteiger partial charge in [0, 0.05) is 16.4 Å². The first-order valence-corrected chi connectivity index (χ1v) is 7.56. The highest BCUT2D eigenvalue weighted by molar-refractivity contribution is 6.31. The van der Waals surface area contributed by atoms with Crippen molar-refractivity contribution in [2.24, 2.45) is 0 Å². The maximum Gasteiger partial charge on any atom is 0.336 e. The zero-order chi connectivity index (χ0) is 17.1. The number of rotatable bonds is 3. The molecule has 0 unspecified atom stereocenters. The fourth-order valence-electron chi connectivity index (χ4n) is 2.55. The summed E-state index contributed by atoms with van der Waals surface area (Å²) in [5.41, 5.74) is 1.92. The van der Waals surface area contributed by atoms with Gasteiger partial charge in [0.2, 0.25) is 0 Å². The van der Waals surface area contributed by atoms with Crippen LogP contribution in [0.15, 0.2) is 40.7 Å². The van der Waals surface area contributed by atoms with Crippen LogP contribution in [0.3, 0.4) is 0 Å². The molecule has 1 heterocycles. The number of alkyl halides is 1. The lowest BCUT2D eigenvalue weighted by molar-refractivity contribution is -0.136. The van der Waals surface area contributed by atoms with E-state index in [1.807, 2.05) is 0 Å². The van der Waals surface area contributed by atoms with Gasteiger partial charge in [-0.25, -0.2) is 9.18 Å². The molecule has 0 saturated carbocycles. The van der Waals surface area contributed by atoms with Crippen molar-refractivity contribution in [1.29, 1.82) is 5.26 Å². The Hall–Kier alpha value is -2.03. The van der Waals surface area contributed by atoms with Crippen LogP contribution in [0.2, 0.25) is 5.02 Å². The zero-order valence-corrected chi connectivity index (χ0v) is 13.9. The molecule has 2 rings (SSSR count). The number of carbonyl (C=O) groups is 1. The van der Waals surface area contributed by atoms with Crippen molar-refractivity contribution < 1.29 is 13.9 Å². The molecule has 7 heteroatoms. The molecule has 0 saturated heterocycles. The van der Waals surface area contributed by atoms with Crippen LogP contribution in [0.4, 0.5) is 4.39 Å². The molecule has 0 radical (unpaired) electrons. The minimum Gasteiger partial charge on any atom is -0.466 e. The maximum absolute atomic E-state index is 13.3. The second-order valence-electron chi connectivity index (χ2n) is 4.89. The standard InChI is InChI=1S/C16H13Cl2FN2O2/c1-8-11(7-20)14(10-4-3-9(19)5-12(10)18)15(16(22)23-2)13(6-17)21-8/h3-5,14,21H,6H2,1-2H3/t14-/m0/s1. The Balaban J connectivity index is 2.74. The van der Waals surface area contributed by atoms with Gasteiger partial charge in [-0.2, -0.15) is 5.26 Å². The largest absolute Gasteiger partial charge is 0.466 e. The van der Waals surface area contributed by atoms with Crippen LogP contribution in [0.1, 0.15) is 18.4 Å². The van der Waals surface area contributed by atoms with E-state index in [0.717, 1.165) is 6.07 Å². The van der Waals surface area contributed by atoms with Gasteiger partial charge in [0.1, 0.15) is 5.82 Å². The highest BCUT2D eigenvalue weighted by Crippen LogP contribution is 2.41. The first-order chi connectivity index (χ1) is 10.9. The summed E-state index contributed by atoms with van der Waals surface area (Å²) in [5, 5.41) is 12.6. The number of allylic oxidation sites excluding steroid dienone is 3. The number of hydrogen-bond donors (Lipinski definition) is 1. The molecule has 0 bridgehead atoms. The monoisotopic (exact) mass is 354 g/mol. The number of ether oxygens (including phenoxy) is 1. The number of halogens is 3. The van der Waals surface area contributed by atoms with Crippen LogP contribution < -0.4 is 5.32 Å². The summed E-state index contributed by atoms with van der Waals surface area (Å²) < 4.78 is 18.2. The molecule has 4 nitrogen and oxygen atoms in total. The molecule has 1 aliphatic heterocycles. The van der Waals surface area contributed by atoms with Crippen molar-refractivity contribution >= 4 is 29.2 Å². The lowest BCUT2D eigenvalue weighted by Crippen LogP contribution is -2.30. The molecule has 0 aliphatic carbocycles. The van der Waals surface area contributed by atoms with E-state index in [4.69, 9.17) is 27.9 Å². The quantitative estimate of drug-likeness (QED) is 0.664. The lowest BCUT2D eigenvalue weighted by atomic mass is 9.81. The van der Waals surface area contributed by atoms with Crippen LogP contribution in [0, 0.1) is 17.1 Å². The molecular weight excluding hydrogens is 342 g/mol. The number of nitrogens with one attached hydrogen (secondary N) is 1. The molecule has 0 aromatic heterocycles. The molecule has 0 fully saturated rings. The Labute approximate surface area is 143 Å². The smallest absolute Gasteiger partial charge is 0.336 e. The molecule has 1 atom stereocenters. The summed E-state index contributed by atoms with van der Waals surface area (Å²) >= 11 is 12.1. The third-order valence-electron chi connectivity index (χ3n) is 3.58. The van der Waals surface area contributed by atoms with Crippen molar-refractivity contribution in [3.8, 4) is 6.07 Å². The summed E-state index contributed by atoms with van der Waals surface area (Å²) in [5.74, 6) is -1.88. The summed E-state index contributed by atoms with van der Waals surface area (Å²) in [7, 11) is 1.24. The van der Waals surface area contributed by atoms with E-state index in [-0.39, 0.29) is 16.5 Å². The number of esters is 1. The predicted octanol–water partition coefficient (Wildman–Crippen LogP) is 3.63. The van der Waals surface area contributed by atoms with E-state index in [1.165, 1.54) is 19.2 Å². The van der Waals surface area contributed by atoms with Gasteiger partial charge < -0.3 is 10.1 Å². The van der Waals surface area contributed by atoms with Crippen LogP contribution in [-0.2, 0) is 9.53 Å². The average Bonchev–Trinajstić information content (AvgIpc) is 2.53. The maximum atomic E-state index is 13.3. The van der Waals surface area contributed by atoms with Gasteiger partial charge >= 0.3 is 5.97 Å².